The van der Waals surface area contributed by atoms with E-state index in [1.807, 2.05) is 6.07 Å². The third-order valence-corrected chi connectivity index (χ3v) is 5.14. The first-order chi connectivity index (χ1) is 9.83. The van der Waals surface area contributed by atoms with Gasteiger partial charge in [-0.2, -0.15) is 0 Å². The van der Waals surface area contributed by atoms with Gasteiger partial charge in [0.2, 0.25) is 0 Å². The highest BCUT2D eigenvalue weighted by molar-refractivity contribution is 5.27. The maximum Gasteiger partial charge on any atom is 0.285 e. The van der Waals surface area contributed by atoms with E-state index in [2.05, 4.69) is 24.3 Å². The molecule has 3 aliphatic heterocycles. The monoisotopic (exact) mass is 274 g/mol. The quantitative estimate of drug-likeness (QED) is 0.828. The molecule has 1 aromatic rings. The Morgan fingerprint density at radius 3 is 2.00 bits per heavy atom. The summed E-state index contributed by atoms with van der Waals surface area (Å²) in [5.74, 6) is -0.331. The topological polar surface area (TPSA) is 27.7 Å². The van der Waals surface area contributed by atoms with Gasteiger partial charge >= 0.3 is 0 Å². The molecule has 0 spiro atoms. The van der Waals surface area contributed by atoms with Crippen LogP contribution < -0.4 is 0 Å². The van der Waals surface area contributed by atoms with E-state index >= 15 is 0 Å². The van der Waals surface area contributed by atoms with Gasteiger partial charge < -0.3 is 14.2 Å². The van der Waals surface area contributed by atoms with Crippen LogP contribution in [0.2, 0.25) is 0 Å². The van der Waals surface area contributed by atoms with Crippen molar-refractivity contribution >= 4 is 0 Å². The van der Waals surface area contributed by atoms with Crippen LogP contribution >= 0.6 is 0 Å². The van der Waals surface area contributed by atoms with Crippen LogP contribution in [0.4, 0.5) is 0 Å². The molecule has 0 atom stereocenters. The van der Waals surface area contributed by atoms with Crippen LogP contribution in [-0.2, 0) is 19.6 Å². The summed E-state index contributed by atoms with van der Waals surface area (Å²) in [6.45, 7) is 2.15. The van der Waals surface area contributed by atoms with E-state index < -0.39 is 5.97 Å². The number of hydrogen-bond acceptors (Lipinski definition) is 3. The van der Waals surface area contributed by atoms with Gasteiger partial charge in [-0.05, 0) is 18.4 Å². The molecule has 2 bridgehead atoms. The number of benzene rings is 1. The van der Waals surface area contributed by atoms with E-state index in [0.29, 0.717) is 25.7 Å². The van der Waals surface area contributed by atoms with Crippen molar-refractivity contribution in [3.8, 4) is 0 Å². The molecular formula is C17H22O3. The largest absolute Gasteiger partial charge is 0.326 e. The van der Waals surface area contributed by atoms with E-state index in [-0.39, 0.29) is 5.41 Å². The molecule has 4 aliphatic rings. The summed E-state index contributed by atoms with van der Waals surface area (Å²) in [6, 6.07) is 10.5. The molecule has 3 heteroatoms. The lowest BCUT2D eigenvalue weighted by molar-refractivity contribution is -0.475. The second-order valence-corrected chi connectivity index (χ2v) is 6.45. The van der Waals surface area contributed by atoms with Crippen molar-refractivity contribution in [3.63, 3.8) is 0 Å². The third kappa shape index (κ3) is 1.92. The molecule has 0 unspecified atom stereocenters. The lowest BCUT2D eigenvalue weighted by Crippen LogP contribution is -2.64. The van der Waals surface area contributed by atoms with Gasteiger partial charge in [-0.15, -0.1) is 0 Å². The standard InChI is InChI=1S/C17H22O3/c1-3-7-14(8-4-1)16-11-18-17(19-12-16,20-13-16)15-9-5-2-6-10-15/h1,3-4,7-8,15H,2,5-6,9-13H2. The lowest BCUT2D eigenvalue weighted by atomic mass is 9.79. The minimum absolute atomic E-state index is 0.113. The zero-order valence-corrected chi connectivity index (χ0v) is 11.8. The van der Waals surface area contributed by atoms with Gasteiger partial charge in [0.05, 0.1) is 25.2 Å². The lowest BCUT2D eigenvalue weighted by Gasteiger charge is -2.55. The van der Waals surface area contributed by atoms with Crippen LogP contribution in [-0.4, -0.2) is 25.8 Å². The van der Waals surface area contributed by atoms with E-state index in [0.717, 1.165) is 0 Å². The second-order valence-electron chi connectivity index (χ2n) is 6.45. The van der Waals surface area contributed by atoms with Crippen LogP contribution in [0.15, 0.2) is 30.3 Å². The van der Waals surface area contributed by atoms with E-state index in [9.17, 15) is 0 Å². The maximum atomic E-state index is 6.12. The predicted octanol–water partition coefficient (Wildman–Crippen LogP) is 3.24. The maximum absolute atomic E-state index is 6.12. The summed E-state index contributed by atoms with van der Waals surface area (Å²) in [6.07, 6.45) is 6.20. The van der Waals surface area contributed by atoms with Gasteiger partial charge in [-0.1, -0.05) is 49.6 Å². The Labute approximate surface area is 120 Å². The molecule has 0 aromatic heterocycles. The van der Waals surface area contributed by atoms with Crippen LogP contribution in [0.3, 0.4) is 0 Å². The summed E-state index contributed by atoms with van der Waals surface area (Å²) < 4.78 is 18.4. The van der Waals surface area contributed by atoms with Crippen molar-refractivity contribution in [1.82, 2.24) is 0 Å². The molecule has 0 amide bonds. The van der Waals surface area contributed by atoms with Crippen molar-refractivity contribution in [2.75, 3.05) is 19.8 Å². The van der Waals surface area contributed by atoms with Crippen LogP contribution in [0.25, 0.3) is 0 Å². The number of hydrogen-bond donors (Lipinski definition) is 0. The third-order valence-electron chi connectivity index (χ3n) is 5.14. The van der Waals surface area contributed by atoms with E-state index in [1.54, 1.807) is 0 Å². The molecule has 1 aromatic carbocycles. The van der Waals surface area contributed by atoms with Crippen LogP contribution in [0.5, 0.6) is 0 Å². The van der Waals surface area contributed by atoms with Crippen LogP contribution in [0, 0.1) is 5.92 Å². The van der Waals surface area contributed by atoms with Gasteiger partial charge in [0.25, 0.3) is 5.97 Å². The molecule has 3 heterocycles. The van der Waals surface area contributed by atoms with E-state index in [4.69, 9.17) is 14.2 Å². The Morgan fingerprint density at radius 1 is 0.800 bits per heavy atom. The number of rotatable bonds is 2. The van der Waals surface area contributed by atoms with Gasteiger partial charge in [-0.3, -0.25) is 0 Å². The molecule has 0 radical (unpaired) electrons. The molecule has 1 saturated carbocycles. The van der Waals surface area contributed by atoms with Gasteiger partial charge in [0.15, 0.2) is 0 Å². The molecule has 5 rings (SSSR count). The molecule has 0 N–H and O–H groups in total. The van der Waals surface area contributed by atoms with E-state index in [1.165, 1.54) is 37.7 Å². The smallest absolute Gasteiger partial charge is 0.285 e. The minimum Gasteiger partial charge on any atom is -0.326 e. The Balaban J connectivity index is 1.54. The molecule has 20 heavy (non-hydrogen) atoms. The Hall–Kier alpha value is -0.900. The van der Waals surface area contributed by atoms with Crippen molar-refractivity contribution in [2.24, 2.45) is 5.92 Å². The second kappa shape index (κ2) is 4.83. The Morgan fingerprint density at radius 2 is 1.40 bits per heavy atom. The summed E-state index contributed by atoms with van der Waals surface area (Å²) in [5, 5.41) is 0. The average Bonchev–Trinajstić information content (AvgIpc) is 2.58. The number of fused-ring (bicyclic) bond motifs is 3. The zero-order valence-electron chi connectivity index (χ0n) is 11.8. The predicted molar refractivity (Wildman–Crippen MR) is 75.3 cm³/mol. The molecule has 1 aliphatic carbocycles. The fourth-order valence-electron chi connectivity index (χ4n) is 3.82. The van der Waals surface area contributed by atoms with Gasteiger partial charge in [-0.25, -0.2) is 0 Å². The molecule has 3 saturated heterocycles. The summed E-state index contributed by atoms with van der Waals surface area (Å²) in [5.41, 5.74) is 1.15. The van der Waals surface area contributed by atoms with Crippen molar-refractivity contribution in [3.05, 3.63) is 35.9 Å². The molecular weight excluding hydrogens is 252 g/mol. The zero-order chi connectivity index (χ0) is 13.5. The van der Waals surface area contributed by atoms with Gasteiger partial charge in [0.1, 0.15) is 0 Å². The fourth-order valence-corrected chi connectivity index (χ4v) is 3.82. The summed E-state index contributed by atoms with van der Waals surface area (Å²) in [7, 11) is 0. The minimum atomic E-state index is -0.739. The first-order valence-corrected chi connectivity index (χ1v) is 7.80. The highest BCUT2D eigenvalue weighted by Gasteiger charge is 2.56. The van der Waals surface area contributed by atoms with Crippen molar-refractivity contribution in [1.29, 1.82) is 0 Å². The first-order valence-electron chi connectivity index (χ1n) is 7.80. The highest BCUT2D eigenvalue weighted by Crippen LogP contribution is 2.47. The van der Waals surface area contributed by atoms with Crippen molar-refractivity contribution in [2.45, 2.75) is 43.5 Å². The fraction of sp³-hybridized carbons (Fsp3) is 0.647. The summed E-state index contributed by atoms with van der Waals surface area (Å²) >= 11 is 0. The summed E-state index contributed by atoms with van der Waals surface area (Å²) in [4.78, 5) is 0. The SMILES string of the molecule is c1ccc(C23COC(C4CCCCC4)(OC2)OC3)cc1. The van der Waals surface area contributed by atoms with Crippen LogP contribution in [0.1, 0.15) is 37.7 Å². The van der Waals surface area contributed by atoms with Crippen molar-refractivity contribution < 1.29 is 14.2 Å². The normalized spacial score (nSPS) is 38.0. The number of ether oxygens (including phenoxy) is 3. The molecule has 108 valence electrons. The highest BCUT2D eigenvalue weighted by atomic mass is 16.9. The Kier molecular flexibility index (Phi) is 3.09. The average molecular weight is 274 g/mol. The van der Waals surface area contributed by atoms with Gasteiger partial charge in [0, 0.05) is 5.92 Å². The molecule has 4 fully saturated rings. The Bertz CT molecular complexity index is 440. The first kappa shape index (κ1) is 12.8. The molecule has 3 nitrogen and oxygen atoms in total.